The van der Waals surface area contributed by atoms with Crippen molar-refractivity contribution in [3.8, 4) is 5.75 Å². The molecule has 96 valence electrons. The highest BCUT2D eigenvalue weighted by Crippen LogP contribution is 2.16. The molecule has 2 nitrogen and oxygen atoms in total. The minimum atomic E-state index is 0.172. The van der Waals surface area contributed by atoms with Crippen molar-refractivity contribution < 1.29 is 4.74 Å². The first-order valence-electron chi connectivity index (χ1n) is 6.00. The lowest BCUT2D eigenvalue weighted by atomic mass is 10.1. The van der Waals surface area contributed by atoms with Gasteiger partial charge in [-0.25, -0.2) is 0 Å². The average molecular weight is 300 g/mol. The molecular formula is C14H22BrNO. The fourth-order valence-corrected chi connectivity index (χ4v) is 1.57. The Kier molecular flexibility index (Phi) is 5.47. The van der Waals surface area contributed by atoms with Gasteiger partial charge >= 0.3 is 0 Å². The van der Waals surface area contributed by atoms with Gasteiger partial charge in [0, 0.05) is 22.5 Å². The Morgan fingerprint density at radius 1 is 1.24 bits per heavy atom. The van der Waals surface area contributed by atoms with Crippen molar-refractivity contribution >= 4 is 15.9 Å². The third-order valence-electron chi connectivity index (χ3n) is 2.33. The third-order valence-corrected chi connectivity index (χ3v) is 2.86. The summed E-state index contributed by atoms with van der Waals surface area (Å²) in [6.07, 6.45) is 0. The Balaban J connectivity index is 2.28. The van der Waals surface area contributed by atoms with Crippen molar-refractivity contribution in [3.63, 3.8) is 0 Å². The number of nitrogens with one attached hydrogen (secondary N) is 1. The summed E-state index contributed by atoms with van der Waals surface area (Å²) in [6, 6.07) is 7.95. The number of halogens is 1. The summed E-state index contributed by atoms with van der Waals surface area (Å²) < 4.78 is 6.80. The summed E-state index contributed by atoms with van der Waals surface area (Å²) in [6.45, 7) is 10.4. The lowest BCUT2D eigenvalue weighted by Crippen LogP contribution is -2.39. The smallest absolute Gasteiger partial charge is 0.119 e. The number of hydrogen-bond donors (Lipinski definition) is 1. The van der Waals surface area contributed by atoms with Gasteiger partial charge in [0.25, 0.3) is 0 Å². The predicted octanol–water partition coefficient (Wildman–Crippen LogP) is 3.85. The van der Waals surface area contributed by atoms with Crippen molar-refractivity contribution in [2.75, 3.05) is 13.2 Å². The Morgan fingerprint density at radius 3 is 2.35 bits per heavy atom. The van der Waals surface area contributed by atoms with Crippen LogP contribution in [-0.4, -0.2) is 18.7 Å². The van der Waals surface area contributed by atoms with Crippen LogP contribution in [0.2, 0.25) is 0 Å². The molecule has 1 unspecified atom stereocenters. The fraction of sp³-hybridized carbons (Fsp3) is 0.571. The van der Waals surface area contributed by atoms with Gasteiger partial charge in [0.2, 0.25) is 0 Å². The van der Waals surface area contributed by atoms with E-state index in [1.54, 1.807) is 0 Å². The van der Waals surface area contributed by atoms with Gasteiger partial charge in [-0.05, 0) is 45.0 Å². The summed E-state index contributed by atoms with van der Waals surface area (Å²) in [7, 11) is 0. The molecule has 0 aliphatic heterocycles. The second-order valence-corrected chi connectivity index (χ2v) is 6.42. The summed E-state index contributed by atoms with van der Waals surface area (Å²) in [5.41, 5.74) is 0.172. The van der Waals surface area contributed by atoms with Crippen molar-refractivity contribution in [1.82, 2.24) is 5.32 Å². The molecular weight excluding hydrogens is 278 g/mol. The average Bonchev–Trinajstić information content (AvgIpc) is 2.25. The van der Waals surface area contributed by atoms with E-state index in [4.69, 9.17) is 4.74 Å². The topological polar surface area (TPSA) is 21.3 Å². The molecule has 1 rings (SSSR count). The zero-order chi connectivity index (χ0) is 12.9. The molecule has 0 amide bonds. The van der Waals surface area contributed by atoms with E-state index in [9.17, 15) is 0 Å². The van der Waals surface area contributed by atoms with E-state index in [1.807, 2.05) is 24.3 Å². The Bertz CT molecular complexity index is 329. The molecule has 3 heteroatoms. The highest BCUT2D eigenvalue weighted by atomic mass is 79.9. The summed E-state index contributed by atoms with van der Waals surface area (Å²) >= 11 is 3.41. The van der Waals surface area contributed by atoms with Gasteiger partial charge in [-0.1, -0.05) is 22.9 Å². The van der Waals surface area contributed by atoms with E-state index >= 15 is 0 Å². The summed E-state index contributed by atoms with van der Waals surface area (Å²) in [5.74, 6) is 1.42. The van der Waals surface area contributed by atoms with Gasteiger partial charge in [-0.3, -0.25) is 0 Å². The Labute approximate surface area is 113 Å². The summed E-state index contributed by atoms with van der Waals surface area (Å²) in [4.78, 5) is 0. The van der Waals surface area contributed by atoms with Crippen molar-refractivity contribution in [2.24, 2.45) is 5.92 Å². The fourth-order valence-electron chi connectivity index (χ4n) is 1.31. The maximum Gasteiger partial charge on any atom is 0.119 e. The van der Waals surface area contributed by atoms with Crippen molar-refractivity contribution in [1.29, 1.82) is 0 Å². The monoisotopic (exact) mass is 299 g/mol. The van der Waals surface area contributed by atoms with Gasteiger partial charge in [0.05, 0.1) is 6.61 Å². The molecule has 0 fully saturated rings. The van der Waals surface area contributed by atoms with E-state index in [0.29, 0.717) is 5.92 Å². The highest BCUT2D eigenvalue weighted by molar-refractivity contribution is 9.10. The molecule has 0 aromatic heterocycles. The minimum Gasteiger partial charge on any atom is -0.493 e. The molecule has 0 saturated heterocycles. The first kappa shape index (κ1) is 14.5. The lowest BCUT2D eigenvalue weighted by Gasteiger charge is -2.23. The van der Waals surface area contributed by atoms with Crippen molar-refractivity contribution in [3.05, 3.63) is 28.7 Å². The first-order valence-corrected chi connectivity index (χ1v) is 6.79. The normalized spacial score (nSPS) is 13.5. The van der Waals surface area contributed by atoms with Gasteiger partial charge in [-0.2, -0.15) is 0 Å². The maximum atomic E-state index is 5.73. The second kappa shape index (κ2) is 6.41. The lowest BCUT2D eigenvalue weighted by molar-refractivity contribution is 0.244. The molecule has 0 aliphatic rings. The predicted molar refractivity (Wildman–Crippen MR) is 76.6 cm³/mol. The highest BCUT2D eigenvalue weighted by Gasteiger charge is 2.11. The standard InChI is InChI=1S/C14H22BrNO/c1-11(9-16-14(2,3)4)10-17-13-7-5-12(15)6-8-13/h5-8,11,16H,9-10H2,1-4H3. The van der Waals surface area contributed by atoms with Crippen LogP contribution in [0.3, 0.4) is 0 Å². The van der Waals surface area contributed by atoms with Crippen LogP contribution in [0.1, 0.15) is 27.7 Å². The number of hydrogen-bond acceptors (Lipinski definition) is 2. The zero-order valence-corrected chi connectivity index (χ0v) is 12.7. The van der Waals surface area contributed by atoms with E-state index in [0.717, 1.165) is 23.4 Å². The number of ether oxygens (including phenoxy) is 1. The zero-order valence-electron chi connectivity index (χ0n) is 11.1. The molecule has 0 saturated carbocycles. The van der Waals surface area contributed by atoms with E-state index < -0.39 is 0 Å². The number of rotatable bonds is 5. The maximum absolute atomic E-state index is 5.73. The third kappa shape index (κ3) is 6.69. The van der Waals surface area contributed by atoms with E-state index in [1.165, 1.54) is 0 Å². The van der Waals surface area contributed by atoms with Crippen LogP contribution in [0.4, 0.5) is 0 Å². The molecule has 0 aliphatic carbocycles. The van der Waals surface area contributed by atoms with Crippen LogP contribution in [0.5, 0.6) is 5.75 Å². The summed E-state index contributed by atoms with van der Waals surface area (Å²) in [5, 5.41) is 3.48. The molecule has 17 heavy (non-hydrogen) atoms. The van der Waals surface area contributed by atoms with Crippen LogP contribution in [0.15, 0.2) is 28.7 Å². The molecule has 0 bridgehead atoms. The van der Waals surface area contributed by atoms with Crippen LogP contribution in [-0.2, 0) is 0 Å². The van der Waals surface area contributed by atoms with Gasteiger partial charge in [0.1, 0.15) is 5.75 Å². The molecule has 0 radical (unpaired) electrons. The van der Waals surface area contributed by atoms with Crippen LogP contribution >= 0.6 is 15.9 Å². The molecule has 0 spiro atoms. The molecule has 0 heterocycles. The van der Waals surface area contributed by atoms with Crippen LogP contribution in [0, 0.1) is 5.92 Å². The molecule has 1 aromatic rings. The van der Waals surface area contributed by atoms with Crippen molar-refractivity contribution in [2.45, 2.75) is 33.2 Å². The van der Waals surface area contributed by atoms with E-state index in [2.05, 4.69) is 48.9 Å². The number of benzene rings is 1. The minimum absolute atomic E-state index is 0.172. The second-order valence-electron chi connectivity index (χ2n) is 5.50. The van der Waals surface area contributed by atoms with Gasteiger partial charge in [0.15, 0.2) is 0 Å². The first-order chi connectivity index (χ1) is 7.87. The largest absolute Gasteiger partial charge is 0.493 e. The van der Waals surface area contributed by atoms with Crippen LogP contribution in [0.25, 0.3) is 0 Å². The Hall–Kier alpha value is -0.540. The SMILES string of the molecule is CC(CNC(C)(C)C)COc1ccc(Br)cc1. The Morgan fingerprint density at radius 2 is 1.82 bits per heavy atom. The van der Waals surface area contributed by atoms with Gasteiger partial charge < -0.3 is 10.1 Å². The molecule has 1 aromatic carbocycles. The van der Waals surface area contributed by atoms with Crippen LogP contribution < -0.4 is 10.1 Å². The quantitative estimate of drug-likeness (QED) is 0.891. The molecule has 1 atom stereocenters. The molecule has 1 N–H and O–H groups in total. The van der Waals surface area contributed by atoms with Gasteiger partial charge in [-0.15, -0.1) is 0 Å². The van der Waals surface area contributed by atoms with E-state index in [-0.39, 0.29) is 5.54 Å².